The fourth-order valence-electron chi connectivity index (χ4n) is 3.37. The molecule has 0 saturated carbocycles. The van der Waals surface area contributed by atoms with Crippen molar-refractivity contribution in [3.05, 3.63) is 87.4 Å². The first-order valence-corrected chi connectivity index (χ1v) is 10.1. The largest absolute Gasteiger partial charge is 0.295 e. The molecule has 0 aliphatic carbocycles. The van der Waals surface area contributed by atoms with Crippen LogP contribution >= 0.6 is 27.5 Å². The lowest BCUT2D eigenvalue weighted by Gasteiger charge is -2.17. The smallest absolute Gasteiger partial charge is 0.159 e. The van der Waals surface area contributed by atoms with Crippen molar-refractivity contribution in [1.29, 1.82) is 0 Å². The molecule has 142 valence electrons. The topological polar surface area (TPSA) is 46.3 Å². The number of aromatic nitrogens is 3. The maximum atomic E-state index is 6.49. The Bertz CT molecular complexity index is 1070. The van der Waals surface area contributed by atoms with Crippen LogP contribution in [0.4, 0.5) is 0 Å². The predicted octanol–water partition coefficient (Wildman–Crippen LogP) is 4.65. The van der Waals surface area contributed by atoms with Crippen LogP contribution in [0.15, 0.2) is 64.6 Å². The van der Waals surface area contributed by atoms with Crippen LogP contribution in [-0.4, -0.2) is 39.0 Å². The molecule has 0 unspecified atom stereocenters. The van der Waals surface area contributed by atoms with E-state index < -0.39 is 0 Å². The molecular formula is C21H19BrClN5. The third kappa shape index (κ3) is 3.55. The molecule has 2 heterocycles. The van der Waals surface area contributed by atoms with Gasteiger partial charge in [-0.3, -0.25) is 14.5 Å². The summed E-state index contributed by atoms with van der Waals surface area (Å²) in [6.45, 7) is 5.68. The van der Waals surface area contributed by atoms with E-state index in [1.54, 1.807) is 0 Å². The zero-order chi connectivity index (χ0) is 19.7. The lowest BCUT2D eigenvalue weighted by atomic mass is 10.0. The second-order valence-electron chi connectivity index (χ2n) is 6.66. The first-order valence-electron chi connectivity index (χ1n) is 8.90. The molecule has 0 saturated heterocycles. The van der Waals surface area contributed by atoms with E-state index in [1.165, 1.54) is 0 Å². The van der Waals surface area contributed by atoms with Crippen molar-refractivity contribution in [2.75, 3.05) is 13.6 Å². The van der Waals surface area contributed by atoms with E-state index in [-0.39, 0.29) is 0 Å². The maximum absolute atomic E-state index is 6.49. The molecule has 0 amide bonds. The summed E-state index contributed by atoms with van der Waals surface area (Å²) in [5.41, 5.74) is 3.77. The highest BCUT2D eigenvalue weighted by molar-refractivity contribution is 9.10. The van der Waals surface area contributed by atoms with E-state index in [9.17, 15) is 0 Å². The van der Waals surface area contributed by atoms with Crippen LogP contribution in [0.5, 0.6) is 0 Å². The summed E-state index contributed by atoms with van der Waals surface area (Å²) in [5.74, 6) is 1.68. The van der Waals surface area contributed by atoms with Crippen molar-refractivity contribution in [2.24, 2.45) is 4.99 Å². The van der Waals surface area contributed by atoms with Crippen molar-refractivity contribution in [3.8, 4) is 5.69 Å². The molecule has 0 N–H and O–H groups in total. The number of rotatable bonds is 5. The van der Waals surface area contributed by atoms with E-state index in [2.05, 4.69) is 54.3 Å². The first kappa shape index (κ1) is 19.1. The van der Waals surface area contributed by atoms with Crippen LogP contribution < -0.4 is 0 Å². The molecule has 2 aromatic carbocycles. The number of fused-ring (bicyclic) bond motifs is 3. The van der Waals surface area contributed by atoms with Crippen LogP contribution in [0.25, 0.3) is 5.69 Å². The van der Waals surface area contributed by atoms with Crippen molar-refractivity contribution in [3.63, 3.8) is 0 Å². The summed E-state index contributed by atoms with van der Waals surface area (Å²) < 4.78 is 3.09. The van der Waals surface area contributed by atoms with Crippen molar-refractivity contribution < 1.29 is 0 Å². The van der Waals surface area contributed by atoms with Gasteiger partial charge in [0.2, 0.25) is 0 Å². The Morgan fingerprint density at radius 3 is 2.82 bits per heavy atom. The Balaban J connectivity index is 1.88. The summed E-state index contributed by atoms with van der Waals surface area (Å²) in [5, 5.41) is 9.53. The average Bonchev–Trinajstić information content (AvgIpc) is 2.98. The molecular weight excluding hydrogens is 438 g/mol. The lowest BCUT2D eigenvalue weighted by molar-refractivity contribution is 0.350. The van der Waals surface area contributed by atoms with Gasteiger partial charge in [-0.25, -0.2) is 0 Å². The molecule has 1 aliphatic heterocycles. The number of likely N-dealkylation sites (N-methyl/N-ethyl adjacent to an activating group) is 1. The molecule has 3 aromatic rings. The summed E-state index contributed by atoms with van der Waals surface area (Å²) in [6.07, 6.45) is 1.88. The molecule has 1 aliphatic rings. The Morgan fingerprint density at radius 1 is 1.21 bits per heavy atom. The molecule has 0 atom stereocenters. The number of halogens is 2. The zero-order valence-corrected chi connectivity index (χ0v) is 17.8. The van der Waals surface area contributed by atoms with Gasteiger partial charge in [0.25, 0.3) is 0 Å². The Hall–Kier alpha value is -2.28. The third-order valence-electron chi connectivity index (χ3n) is 4.61. The molecule has 28 heavy (non-hydrogen) atoms. The van der Waals surface area contributed by atoms with E-state index >= 15 is 0 Å². The standard InChI is InChI=1S/C21H19BrClN5/c1-3-10-27(2)13-20-26-25-19-12-24-21(15-6-4-5-7-17(15)23)16-9-8-14(22)11-18(16)28(19)20/h3-9,11H,1,10,12-13H2,2H3. The van der Waals surface area contributed by atoms with Crippen LogP contribution in [0, 0.1) is 0 Å². The number of aliphatic imine (C=N–C) groups is 1. The fraction of sp³-hybridized carbons (Fsp3) is 0.190. The minimum atomic E-state index is 0.436. The van der Waals surface area contributed by atoms with Crippen LogP contribution in [0.3, 0.4) is 0 Å². The molecule has 7 heteroatoms. The summed E-state index contributed by atoms with van der Waals surface area (Å²) in [7, 11) is 2.04. The second-order valence-corrected chi connectivity index (χ2v) is 7.98. The third-order valence-corrected chi connectivity index (χ3v) is 5.44. The SMILES string of the molecule is C=CCN(C)Cc1nnc2n1-c1cc(Br)ccc1C(c1ccccc1Cl)=NC2. The highest BCUT2D eigenvalue weighted by Crippen LogP contribution is 2.30. The first-order chi connectivity index (χ1) is 13.6. The van der Waals surface area contributed by atoms with E-state index in [4.69, 9.17) is 16.6 Å². The van der Waals surface area contributed by atoms with Crippen LogP contribution in [0.2, 0.25) is 5.02 Å². The predicted molar refractivity (Wildman–Crippen MR) is 116 cm³/mol. The Kier molecular flexibility index (Phi) is 5.44. The van der Waals surface area contributed by atoms with Gasteiger partial charge in [0.05, 0.1) is 17.9 Å². The van der Waals surface area contributed by atoms with E-state index in [1.807, 2.05) is 43.5 Å². The molecule has 0 radical (unpaired) electrons. The van der Waals surface area contributed by atoms with Crippen molar-refractivity contribution in [2.45, 2.75) is 13.1 Å². The van der Waals surface area contributed by atoms with Gasteiger partial charge < -0.3 is 0 Å². The van der Waals surface area contributed by atoms with Gasteiger partial charge in [0.15, 0.2) is 11.6 Å². The van der Waals surface area contributed by atoms with Gasteiger partial charge in [-0.1, -0.05) is 51.8 Å². The number of nitrogens with zero attached hydrogens (tertiary/aromatic N) is 5. The summed E-state index contributed by atoms with van der Waals surface area (Å²) >= 11 is 10.1. The minimum absolute atomic E-state index is 0.436. The number of benzene rings is 2. The zero-order valence-electron chi connectivity index (χ0n) is 15.4. The minimum Gasteiger partial charge on any atom is -0.295 e. The number of hydrogen-bond acceptors (Lipinski definition) is 4. The van der Waals surface area contributed by atoms with Crippen LogP contribution in [-0.2, 0) is 13.1 Å². The normalized spacial score (nSPS) is 12.9. The molecule has 5 nitrogen and oxygen atoms in total. The molecule has 4 rings (SSSR count). The Morgan fingerprint density at radius 2 is 2.04 bits per heavy atom. The highest BCUT2D eigenvalue weighted by atomic mass is 79.9. The quantitative estimate of drug-likeness (QED) is 0.525. The van der Waals surface area contributed by atoms with E-state index in [0.29, 0.717) is 18.1 Å². The molecule has 1 aromatic heterocycles. The van der Waals surface area contributed by atoms with Crippen molar-refractivity contribution >= 4 is 33.2 Å². The summed E-state index contributed by atoms with van der Waals surface area (Å²) in [6, 6.07) is 13.9. The Labute approximate surface area is 177 Å². The van der Waals surface area contributed by atoms with Gasteiger partial charge in [-0.05, 0) is 31.3 Å². The molecule has 0 spiro atoms. The lowest BCUT2D eigenvalue weighted by Crippen LogP contribution is -2.21. The maximum Gasteiger partial charge on any atom is 0.159 e. The average molecular weight is 457 g/mol. The highest BCUT2D eigenvalue weighted by Gasteiger charge is 2.24. The number of hydrogen-bond donors (Lipinski definition) is 0. The monoisotopic (exact) mass is 455 g/mol. The molecule has 0 bridgehead atoms. The van der Waals surface area contributed by atoms with Gasteiger partial charge in [-0.2, -0.15) is 0 Å². The van der Waals surface area contributed by atoms with Gasteiger partial charge in [0, 0.05) is 27.2 Å². The summed E-state index contributed by atoms with van der Waals surface area (Å²) in [4.78, 5) is 7.00. The second kappa shape index (κ2) is 7.99. The van der Waals surface area contributed by atoms with E-state index in [0.717, 1.165) is 45.2 Å². The van der Waals surface area contributed by atoms with Gasteiger partial charge in [-0.15, -0.1) is 16.8 Å². The van der Waals surface area contributed by atoms with Gasteiger partial charge in [0.1, 0.15) is 6.54 Å². The fourth-order valence-corrected chi connectivity index (χ4v) is 3.95. The van der Waals surface area contributed by atoms with Crippen LogP contribution in [0.1, 0.15) is 22.8 Å². The van der Waals surface area contributed by atoms with Gasteiger partial charge >= 0.3 is 0 Å². The van der Waals surface area contributed by atoms with Crippen molar-refractivity contribution in [1.82, 2.24) is 19.7 Å². The molecule has 0 fully saturated rings.